The molecular formula is C8H9ClFNO. The van der Waals surface area contributed by atoms with Gasteiger partial charge in [0, 0.05) is 13.3 Å². The first kappa shape index (κ1) is 9.42. The Balaban J connectivity index is 2.78. The Morgan fingerprint density at radius 1 is 1.67 bits per heavy atom. The molecule has 0 aliphatic carbocycles. The predicted octanol–water partition coefficient (Wildman–Crippen LogP) is 2.06. The topological polar surface area (TPSA) is 22.1 Å². The molecule has 0 fully saturated rings. The van der Waals surface area contributed by atoms with Crippen LogP contribution in [0.25, 0.3) is 0 Å². The minimum absolute atomic E-state index is 0.0800. The SMILES string of the molecule is COCCc1ccnc(Cl)c1F. The third kappa shape index (κ3) is 2.16. The second-order valence-corrected chi connectivity index (χ2v) is 2.68. The highest BCUT2D eigenvalue weighted by Gasteiger charge is 2.05. The van der Waals surface area contributed by atoms with Crippen molar-refractivity contribution in [3.63, 3.8) is 0 Å². The van der Waals surface area contributed by atoms with Crippen molar-refractivity contribution in [1.29, 1.82) is 0 Å². The maximum absolute atomic E-state index is 13.1. The molecule has 1 aromatic rings. The van der Waals surface area contributed by atoms with Gasteiger partial charge >= 0.3 is 0 Å². The third-order valence-corrected chi connectivity index (χ3v) is 1.77. The lowest BCUT2D eigenvalue weighted by atomic mass is 10.2. The number of hydrogen-bond acceptors (Lipinski definition) is 2. The van der Waals surface area contributed by atoms with Gasteiger partial charge in [0.2, 0.25) is 0 Å². The molecule has 4 heteroatoms. The smallest absolute Gasteiger partial charge is 0.164 e. The molecule has 12 heavy (non-hydrogen) atoms. The summed E-state index contributed by atoms with van der Waals surface area (Å²) in [5.41, 5.74) is 0.539. The molecule has 0 saturated heterocycles. The van der Waals surface area contributed by atoms with E-state index in [4.69, 9.17) is 16.3 Å². The van der Waals surface area contributed by atoms with Gasteiger partial charge in [-0.2, -0.15) is 0 Å². The van der Waals surface area contributed by atoms with Crippen molar-refractivity contribution in [2.24, 2.45) is 0 Å². The number of ether oxygens (including phenoxy) is 1. The Morgan fingerprint density at radius 2 is 2.42 bits per heavy atom. The molecule has 1 aromatic heterocycles. The Hall–Kier alpha value is -0.670. The molecule has 0 bridgehead atoms. The molecule has 0 aliphatic rings. The quantitative estimate of drug-likeness (QED) is 0.680. The van der Waals surface area contributed by atoms with Crippen LogP contribution < -0.4 is 0 Å². The van der Waals surface area contributed by atoms with Crippen LogP contribution in [0.1, 0.15) is 5.56 Å². The molecule has 0 N–H and O–H groups in total. The molecule has 0 atom stereocenters. The summed E-state index contributed by atoms with van der Waals surface area (Å²) in [4.78, 5) is 3.60. The summed E-state index contributed by atoms with van der Waals surface area (Å²) in [6.07, 6.45) is 2.00. The van der Waals surface area contributed by atoms with Crippen molar-refractivity contribution in [3.8, 4) is 0 Å². The second-order valence-electron chi connectivity index (χ2n) is 2.32. The van der Waals surface area contributed by atoms with Crippen LogP contribution in [0.3, 0.4) is 0 Å². The number of pyridine rings is 1. The molecule has 0 amide bonds. The van der Waals surface area contributed by atoms with Crippen molar-refractivity contribution in [2.45, 2.75) is 6.42 Å². The van der Waals surface area contributed by atoms with Crippen molar-refractivity contribution < 1.29 is 9.13 Å². The summed E-state index contributed by atoms with van der Waals surface area (Å²) in [7, 11) is 1.57. The van der Waals surface area contributed by atoms with Crippen LogP contribution in [0.2, 0.25) is 5.15 Å². The maximum atomic E-state index is 13.1. The molecule has 0 aliphatic heterocycles. The Morgan fingerprint density at radius 3 is 3.08 bits per heavy atom. The number of methoxy groups -OCH3 is 1. The molecule has 0 radical (unpaired) electrons. The van der Waals surface area contributed by atoms with Crippen LogP contribution in [0.15, 0.2) is 12.3 Å². The van der Waals surface area contributed by atoms with Gasteiger partial charge < -0.3 is 4.74 Å². The fraction of sp³-hybridized carbons (Fsp3) is 0.375. The number of aromatic nitrogens is 1. The zero-order valence-corrected chi connectivity index (χ0v) is 7.44. The van der Waals surface area contributed by atoms with Crippen molar-refractivity contribution in [1.82, 2.24) is 4.98 Å². The van der Waals surface area contributed by atoms with Gasteiger partial charge in [0.05, 0.1) is 6.61 Å². The fourth-order valence-electron chi connectivity index (χ4n) is 0.860. The third-order valence-electron chi connectivity index (χ3n) is 1.50. The molecule has 0 spiro atoms. The zero-order valence-electron chi connectivity index (χ0n) is 6.68. The molecule has 0 aromatic carbocycles. The average Bonchev–Trinajstić information content (AvgIpc) is 2.08. The maximum Gasteiger partial charge on any atom is 0.164 e. The number of hydrogen-bond donors (Lipinski definition) is 0. The van der Waals surface area contributed by atoms with Gasteiger partial charge in [0.15, 0.2) is 11.0 Å². The summed E-state index contributed by atoms with van der Waals surface area (Å²) >= 11 is 5.47. The highest BCUT2D eigenvalue weighted by molar-refractivity contribution is 6.29. The summed E-state index contributed by atoms with van der Waals surface area (Å²) in [5.74, 6) is -0.448. The van der Waals surface area contributed by atoms with Gasteiger partial charge in [-0.25, -0.2) is 9.37 Å². The Labute approximate surface area is 75.3 Å². The molecule has 66 valence electrons. The van der Waals surface area contributed by atoms with Crippen molar-refractivity contribution >= 4 is 11.6 Å². The lowest BCUT2D eigenvalue weighted by molar-refractivity contribution is 0.201. The minimum atomic E-state index is -0.448. The van der Waals surface area contributed by atoms with Crippen LogP contribution in [0, 0.1) is 5.82 Å². The van der Waals surface area contributed by atoms with Crippen LogP contribution in [0.4, 0.5) is 4.39 Å². The van der Waals surface area contributed by atoms with Gasteiger partial charge in [-0.1, -0.05) is 11.6 Å². The molecule has 1 rings (SSSR count). The standard InChI is InChI=1S/C8H9ClFNO/c1-12-5-3-6-2-4-11-8(9)7(6)10/h2,4H,3,5H2,1H3. The van der Waals surface area contributed by atoms with E-state index in [1.54, 1.807) is 13.2 Å². The molecule has 0 unspecified atom stereocenters. The van der Waals surface area contributed by atoms with Crippen LogP contribution in [0.5, 0.6) is 0 Å². The predicted molar refractivity (Wildman–Crippen MR) is 44.8 cm³/mol. The van der Waals surface area contributed by atoms with E-state index in [0.717, 1.165) is 0 Å². The first-order chi connectivity index (χ1) is 5.75. The lowest BCUT2D eigenvalue weighted by Crippen LogP contribution is -1.98. The van der Waals surface area contributed by atoms with Gasteiger partial charge in [-0.3, -0.25) is 0 Å². The van der Waals surface area contributed by atoms with E-state index in [0.29, 0.717) is 18.6 Å². The largest absolute Gasteiger partial charge is 0.384 e. The number of rotatable bonds is 3. The van der Waals surface area contributed by atoms with Crippen LogP contribution in [-0.4, -0.2) is 18.7 Å². The van der Waals surface area contributed by atoms with Gasteiger partial charge in [-0.05, 0) is 18.1 Å². The minimum Gasteiger partial charge on any atom is -0.384 e. The normalized spacial score (nSPS) is 10.2. The van der Waals surface area contributed by atoms with E-state index in [9.17, 15) is 4.39 Å². The number of halogens is 2. The van der Waals surface area contributed by atoms with E-state index >= 15 is 0 Å². The second kappa shape index (κ2) is 4.38. The van der Waals surface area contributed by atoms with Crippen molar-refractivity contribution in [3.05, 3.63) is 28.8 Å². The van der Waals surface area contributed by atoms with E-state index < -0.39 is 5.82 Å². The van der Waals surface area contributed by atoms with Gasteiger partial charge in [0.1, 0.15) is 0 Å². The Bertz CT molecular complexity index is 267. The van der Waals surface area contributed by atoms with Crippen LogP contribution >= 0.6 is 11.6 Å². The first-order valence-electron chi connectivity index (χ1n) is 3.53. The van der Waals surface area contributed by atoms with E-state index in [1.165, 1.54) is 6.20 Å². The highest BCUT2D eigenvalue weighted by Crippen LogP contribution is 2.15. The summed E-state index contributed by atoms with van der Waals surface area (Å²) in [6.45, 7) is 0.483. The average molecular weight is 190 g/mol. The fourth-order valence-corrected chi connectivity index (χ4v) is 1.04. The summed E-state index contributed by atoms with van der Waals surface area (Å²) < 4.78 is 17.9. The summed E-state index contributed by atoms with van der Waals surface area (Å²) in [6, 6.07) is 1.60. The molecular weight excluding hydrogens is 181 g/mol. The lowest BCUT2D eigenvalue weighted by Gasteiger charge is -2.01. The van der Waals surface area contributed by atoms with E-state index in [2.05, 4.69) is 4.98 Å². The van der Waals surface area contributed by atoms with E-state index in [1.807, 2.05) is 0 Å². The highest BCUT2D eigenvalue weighted by atomic mass is 35.5. The zero-order chi connectivity index (χ0) is 8.97. The number of nitrogens with zero attached hydrogens (tertiary/aromatic N) is 1. The molecule has 0 saturated carbocycles. The van der Waals surface area contributed by atoms with Crippen LogP contribution in [-0.2, 0) is 11.2 Å². The molecule has 1 heterocycles. The summed E-state index contributed by atoms with van der Waals surface area (Å²) in [5, 5.41) is -0.0800. The van der Waals surface area contributed by atoms with E-state index in [-0.39, 0.29) is 5.15 Å². The van der Waals surface area contributed by atoms with Gasteiger partial charge in [-0.15, -0.1) is 0 Å². The Kier molecular flexibility index (Phi) is 3.44. The van der Waals surface area contributed by atoms with Gasteiger partial charge in [0.25, 0.3) is 0 Å². The molecule has 2 nitrogen and oxygen atoms in total. The monoisotopic (exact) mass is 189 g/mol. The van der Waals surface area contributed by atoms with Crippen molar-refractivity contribution in [2.75, 3.05) is 13.7 Å². The first-order valence-corrected chi connectivity index (χ1v) is 3.91.